The number of halogens is 1. The van der Waals surface area contributed by atoms with Gasteiger partial charge in [-0.2, -0.15) is 4.31 Å². The van der Waals surface area contributed by atoms with Crippen LogP contribution in [0.4, 0.5) is 0 Å². The smallest absolute Gasteiger partial charge is 0.338 e. The molecule has 1 saturated heterocycles. The Kier molecular flexibility index (Phi) is 7.39. The van der Waals surface area contributed by atoms with E-state index < -0.39 is 28.5 Å². The predicted octanol–water partition coefficient (Wildman–Crippen LogP) is 1.04. The van der Waals surface area contributed by atoms with Gasteiger partial charge in [0.2, 0.25) is 10.0 Å². The lowest BCUT2D eigenvalue weighted by Gasteiger charge is -2.17. The van der Waals surface area contributed by atoms with E-state index in [0.717, 1.165) is 12.8 Å². The van der Waals surface area contributed by atoms with Crippen LogP contribution in [0.5, 0.6) is 0 Å². The second-order valence-electron chi connectivity index (χ2n) is 5.68. The van der Waals surface area contributed by atoms with Gasteiger partial charge in [-0.05, 0) is 31.0 Å². The molecule has 0 unspecified atom stereocenters. The molecule has 2 rings (SSSR count). The average Bonchev–Trinajstić information content (AvgIpc) is 3.15. The van der Waals surface area contributed by atoms with Crippen molar-refractivity contribution in [3.8, 4) is 0 Å². The van der Waals surface area contributed by atoms with Gasteiger partial charge in [0.25, 0.3) is 5.91 Å². The zero-order valence-corrected chi connectivity index (χ0v) is 15.9. The average molecular weight is 405 g/mol. The largest absolute Gasteiger partial charge is 0.452 e. The van der Waals surface area contributed by atoms with Crippen LogP contribution in [0.15, 0.2) is 23.1 Å². The Morgan fingerprint density at radius 3 is 2.62 bits per heavy atom. The Hall–Kier alpha value is -1.68. The molecule has 144 valence electrons. The molecule has 1 fully saturated rings. The molecule has 8 nitrogen and oxygen atoms in total. The van der Waals surface area contributed by atoms with E-state index in [1.807, 2.05) is 0 Å². The number of methoxy groups -OCH3 is 1. The Morgan fingerprint density at radius 1 is 1.27 bits per heavy atom. The van der Waals surface area contributed by atoms with Crippen LogP contribution in [0.2, 0.25) is 5.02 Å². The van der Waals surface area contributed by atoms with Crippen molar-refractivity contribution < 1.29 is 27.5 Å². The molecule has 1 amide bonds. The molecule has 1 aromatic rings. The topological polar surface area (TPSA) is 102 Å². The van der Waals surface area contributed by atoms with Gasteiger partial charge >= 0.3 is 5.97 Å². The normalized spacial score (nSPS) is 15.0. The first-order valence-electron chi connectivity index (χ1n) is 8.08. The lowest BCUT2D eigenvalue weighted by atomic mass is 10.2. The molecule has 0 bridgehead atoms. The van der Waals surface area contributed by atoms with Crippen LogP contribution in [0.1, 0.15) is 23.2 Å². The summed E-state index contributed by atoms with van der Waals surface area (Å²) in [5.41, 5.74) is 0.0110. The summed E-state index contributed by atoms with van der Waals surface area (Å²) in [7, 11) is -2.27. The molecule has 0 aromatic heterocycles. The highest BCUT2D eigenvalue weighted by molar-refractivity contribution is 7.89. The van der Waals surface area contributed by atoms with Gasteiger partial charge < -0.3 is 14.8 Å². The van der Waals surface area contributed by atoms with Gasteiger partial charge in [0.1, 0.15) is 4.90 Å². The summed E-state index contributed by atoms with van der Waals surface area (Å²) >= 11 is 6.03. The van der Waals surface area contributed by atoms with Crippen molar-refractivity contribution in [2.45, 2.75) is 17.7 Å². The summed E-state index contributed by atoms with van der Waals surface area (Å²) in [6.07, 6.45) is 1.58. The summed E-state index contributed by atoms with van der Waals surface area (Å²) in [5, 5.41) is 2.54. The number of rotatable bonds is 8. The van der Waals surface area contributed by atoms with Crippen LogP contribution in [0.25, 0.3) is 0 Å². The molecule has 1 N–H and O–H groups in total. The molecule has 1 aliphatic rings. The van der Waals surface area contributed by atoms with E-state index in [2.05, 4.69) is 5.32 Å². The van der Waals surface area contributed by atoms with Crippen LogP contribution in [-0.2, 0) is 24.3 Å². The van der Waals surface area contributed by atoms with E-state index in [-0.39, 0.29) is 15.5 Å². The van der Waals surface area contributed by atoms with E-state index >= 15 is 0 Å². The van der Waals surface area contributed by atoms with Crippen LogP contribution < -0.4 is 5.32 Å². The minimum Gasteiger partial charge on any atom is -0.452 e. The quantitative estimate of drug-likeness (QED) is 0.513. The van der Waals surface area contributed by atoms with Gasteiger partial charge in [-0.3, -0.25) is 4.79 Å². The second kappa shape index (κ2) is 9.31. The van der Waals surface area contributed by atoms with Crippen LogP contribution in [-0.4, -0.2) is 64.6 Å². The SMILES string of the molecule is COCCNC(=O)COC(=O)c1ccc(Cl)c(S(=O)(=O)N2CCCC2)c1. The number of sulfonamides is 1. The third-order valence-corrected chi connectivity index (χ3v) is 6.19. The second-order valence-corrected chi connectivity index (χ2v) is 7.99. The molecule has 0 spiro atoms. The highest BCUT2D eigenvalue weighted by Gasteiger charge is 2.30. The summed E-state index contributed by atoms with van der Waals surface area (Å²) in [6.45, 7) is 1.02. The summed E-state index contributed by atoms with van der Waals surface area (Å²) in [5.74, 6) is -1.28. The number of esters is 1. The number of hydrogen-bond acceptors (Lipinski definition) is 6. The molecule has 0 radical (unpaired) electrons. The molecule has 0 aliphatic carbocycles. The summed E-state index contributed by atoms with van der Waals surface area (Å²) in [6, 6.07) is 3.87. The Balaban J connectivity index is 2.06. The molecule has 1 aromatic carbocycles. The minimum atomic E-state index is -3.77. The minimum absolute atomic E-state index is 0.0110. The van der Waals surface area contributed by atoms with Gasteiger partial charge in [-0.25, -0.2) is 13.2 Å². The Bertz CT molecular complexity index is 762. The fourth-order valence-corrected chi connectivity index (χ4v) is 4.47. The highest BCUT2D eigenvalue weighted by Crippen LogP contribution is 2.28. The molecular formula is C16H21ClN2O6S. The van der Waals surface area contributed by atoms with Crippen molar-refractivity contribution in [3.63, 3.8) is 0 Å². The molecule has 1 heterocycles. The van der Waals surface area contributed by atoms with E-state index in [1.54, 1.807) is 0 Å². The van der Waals surface area contributed by atoms with Gasteiger partial charge in [0, 0.05) is 26.7 Å². The van der Waals surface area contributed by atoms with Crippen molar-refractivity contribution in [2.75, 3.05) is 40.0 Å². The highest BCUT2D eigenvalue weighted by atomic mass is 35.5. The molecule has 0 saturated carbocycles. The Labute approximate surface area is 157 Å². The van der Waals surface area contributed by atoms with Crippen molar-refractivity contribution in [1.29, 1.82) is 0 Å². The number of nitrogens with one attached hydrogen (secondary N) is 1. The zero-order chi connectivity index (χ0) is 19.2. The third kappa shape index (κ3) is 5.16. The van der Waals surface area contributed by atoms with Crippen molar-refractivity contribution in [2.24, 2.45) is 0 Å². The van der Waals surface area contributed by atoms with Crippen molar-refractivity contribution in [1.82, 2.24) is 9.62 Å². The van der Waals surface area contributed by atoms with Crippen LogP contribution in [0, 0.1) is 0 Å². The lowest BCUT2D eigenvalue weighted by Crippen LogP contribution is -2.31. The van der Waals surface area contributed by atoms with Gasteiger partial charge in [-0.1, -0.05) is 11.6 Å². The lowest BCUT2D eigenvalue weighted by molar-refractivity contribution is -0.124. The molecule has 1 aliphatic heterocycles. The molecule has 10 heteroatoms. The first-order chi connectivity index (χ1) is 12.4. The maximum Gasteiger partial charge on any atom is 0.338 e. The van der Waals surface area contributed by atoms with Gasteiger partial charge in [0.15, 0.2) is 6.61 Å². The van der Waals surface area contributed by atoms with Crippen LogP contribution >= 0.6 is 11.6 Å². The molecule has 0 atom stereocenters. The van der Waals surface area contributed by atoms with Gasteiger partial charge in [0.05, 0.1) is 17.2 Å². The third-order valence-electron chi connectivity index (χ3n) is 3.81. The fraction of sp³-hybridized carbons (Fsp3) is 0.500. The maximum atomic E-state index is 12.7. The first kappa shape index (κ1) is 20.6. The number of hydrogen-bond donors (Lipinski definition) is 1. The summed E-state index contributed by atoms with van der Waals surface area (Å²) in [4.78, 5) is 23.5. The van der Waals surface area contributed by atoms with E-state index in [9.17, 15) is 18.0 Å². The van der Waals surface area contributed by atoms with Crippen LogP contribution in [0.3, 0.4) is 0 Å². The van der Waals surface area contributed by atoms with Crippen molar-refractivity contribution >= 4 is 33.5 Å². The monoisotopic (exact) mass is 404 g/mol. The number of ether oxygens (including phenoxy) is 2. The van der Waals surface area contributed by atoms with Gasteiger partial charge in [-0.15, -0.1) is 0 Å². The fourth-order valence-electron chi connectivity index (χ4n) is 2.45. The van der Waals surface area contributed by atoms with E-state index in [0.29, 0.717) is 26.2 Å². The molecular weight excluding hydrogens is 384 g/mol. The Morgan fingerprint density at radius 2 is 1.96 bits per heavy atom. The number of carbonyl (C=O) groups is 2. The maximum absolute atomic E-state index is 12.7. The first-order valence-corrected chi connectivity index (χ1v) is 9.90. The molecule has 26 heavy (non-hydrogen) atoms. The zero-order valence-electron chi connectivity index (χ0n) is 14.4. The predicted molar refractivity (Wildman–Crippen MR) is 94.6 cm³/mol. The van der Waals surface area contributed by atoms with E-state index in [4.69, 9.17) is 21.1 Å². The van der Waals surface area contributed by atoms with E-state index in [1.165, 1.54) is 29.6 Å². The van der Waals surface area contributed by atoms with Crippen molar-refractivity contribution in [3.05, 3.63) is 28.8 Å². The number of carbonyl (C=O) groups excluding carboxylic acids is 2. The number of nitrogens with zero attached hydrogens (tertiary/aromatic N) is 1. The standard InChI is InChI=1S/C16H21ClN2O6S/c1-24-9-6-18-15(20)11-25-16(21)12-4-5-13(17)14(10-12)26(22,23)19-7-2-3-8-19/h4-5,10H,2-3,6-9,11H2,1H3,(H,18,20). The number of benzene rings is 1. The summed E-state index contributed by atoms with van der Waals surface area (Å²) < 4.78 is 36.4. The number of amides is 1.